The number of benzene rings is 1. The monoisotopic (exact) mass is 233 g/mol. The fourth-order valence-electron chi connectivity index (χ4n) is 2.12. The average Bonchev–Trinajstić information content (AvgIpc) is 2.81. The summed E-state index contributed by atoms with van der Waals surface area (Å²) >= 11 is 0. The minimum Gasteiger partial charge on any atom is -0.379 e. The SMILES string of the molecule is CC(C)c1ccccc1C(=O)NC1CCOC1. The minimum atomic E-state index is 0.0183. The summed E-state index contributed by atoms with van der Waals surface area (Å²) in [4.78, 5) is 12.2. The van der Waals surface area contributed by atoms with E-state index in [-0.39, 0.29) is 11.9 Å². The number of rotatable bonds is 3. The predicted octanol–water partition coefficient (Wildman–Crippen LogP) is 2.33. The summed E-state index contributed by atoms with van der Waals surface area (Å²) in [5, 5.41) is 3.03. The van der Waals surface area contributed by atoms with Gasteiger partial charge in [0.1, 0.15) is 0 Å². The van der Waals surface area contributed by atoms with Crippen molar-refractivity contribution in [1.82, 2.24) is 5.32 Å². The van der Waals surface area contributed by atoms with E-state index in [2.05, 4.69) is 19.2 Å². The van der Waals surface area contributed by atoms with Gasteiger partial charge in [-0.15, -0.1) is 0 Å². The molecule has 1 atom stereocenters. The second-order valence-corrected chi connectivity index (χ2v) is 4.78. The minimum absolute atomic E-state index is 0.0183. The molecule has 1 aliphatic rings. The Hall–Kier alpha value is -1.35. The number of carbonyl (C=O) groups is 1. The van der Waals surface area contributed by atoms with Gasteiger partial charge >= 0.3 is 0 Å². The predicted molar refractivity (Wildman–Crippen MR) is 67.2 cm³/mol. The first-order chi connectivity index (χ1) is 8.18. The smallest absolute Gasteiger partial charge is 0.251 e. The Bertz CT molecular complexity index is 395. The van der Waals surface area contributed by atoms with Crippen LogP contribution >= 0.6 is 0 Å². The second kappa shape index (κ2) is 5.32. The maximum atomic E-state index is 12.2. The van der Waals surface area contributed by atoms with E-state index in [9.17, 15) is 4.79 Å². The van der Waals surface area contributed by atoms with Gasteiger partial charge < -0.3 is 10.1 Å². The van der Waals surface area contributed by atoms with Gasteiger partial charge in [-0.3, -0.25) is 4.79 Å². The molecule has 1 fully saturated rings. The number of ether oxygens (including phenoxy) is 1. The van der Waals surface area contributed by atoms with E-state index >= 15 is 0 Å². The lowest BCUT2D eigenvalue weighted by Gasteiger charge is -2.15. The van der Waals surface area contributed by atoms with Gasteiger partial charge in [0.15, 0.2) is 0 Å². The zero-order valence-corrected chi connectivity index (χ0v) is 10.4. The van der Waals surface area contributed by atoms with Crippen LogP contribution in [-0.4, -0.2) is 25.2 Å². The highest BCUT2D eigenvalue weighted by Gasteiger charge is 2.20. The molecular formula is C14H19NO2. The fourth-order valence-corrected chi connectivity index (χ4v) is 2.12. The van der Waals surface area contributed by atoms with Crippen molar-refractivity contribution in [2.75, 3.05) is 13.2 Å². The maximum absolute atomic E-state index is 12.2. The number of nitrogens with one attached hydrogen (secondary N) is 1. The van der Waals surface area contributed by atoms with Crippen molar-refractivity contribution >= 4 is 5.91 Å². The van der Waals surface area contributed by atoms with Crippen molar-refractivity contribution < 1.29 is 9.53 Å². The van der Waals surface area contributed by atoms with Gasteiger partial charge in [0.25, 0.3) is 5.91 Å². The lowest BCUT2D eigenvalue weighted by atomic mass is 9.96. The highest BCUT2D eigenvalue weighted by Crippen LogP contribution is 2.19. The number of hydrogen-bond acceptors (Lipinski definition) is 2. The van der Waals surface area contributed by atoms with Crippen LogP contribution in [0, 0.1) is 0 Å². The van der Waals surface area contributed by atoms with Crippen molar-refractivity contribution in [2.45, 2.75) is 32.2 Å². The molecule has 0 saturated carbocycles. The van der Waals surface area contributed by atoms with Crippen LogP contribution in [0.25, 0.3) is 0 Å². The van der Waals surface area contributed by atoms with E-state index in [1.807, 2.05) is 24.3 Å². The summed E-state index contributed by atoms with van der Waals surface area (Å²) in [6.07, 6.45) is 0.912. The van der Waals surface area contributed by atoms with Gasteiger partial charge in [0, 0.05) is 12.2 Å². The summed E-state index contributed by atoms with van der Waals surface area (Å²) in [5.74, 6) is 0.376. The third-order valence-electron chi connectivity index (χ3n) is 3.09. The molecule has 17 heavy (non-hydrogen) atoms. The Morgan fingerprint density at radius 1 is 1.41 bits per heavy atom. The van der Waals surface area contributed by atoms with E-state index < -0.39 is 0 Å². The third-order valence-corrected chi connectivity index (χ3v) is 3.09. The fraction of sp³-hybridized carbons (Fsp3) is 0.500. The quantitative estimate of drug-likeness (QED) is 0.870. The molecule has 0 radical (unpaired) electrons. The lowest BCUT2D eigenvalue weighted by molar-refractivity contribution is 0.0928. The van der Waals surface area contributed by atoms with Crippen molar-refractivity contribution in [3.63, 3.8) is 0 Å². The number of hydrogen-bond donors (Lipinski definition) is 1. The first kappa shape index (κ1) is 12.1. The van der Waals surface area contributed by atoms with Gasteiger partial charge in [0.05, 0.1) is 12.6 Å². The van der Waals surface area contributed by atoms with Crippen LogP contribution in [0.5, 0.6) is 0 Å². The van der Waals surface area contributed by atoms with Gasteiger partial charge in [-0.2, -0.15) is 0 Å². The zero-order valence-electron chi connectivity index (χ0n) is 10.4. The van der Waals surface area contributed by atoms with E-state index in [0.717, 1.165) is 24.2 Å². The topological polar surface area (TPSA) is 38.3 Å². The van der Waals surface area contributed by atoms with Gasteiger partial charge in [-0.05, 0) is 24.0 Å². The molecule has 3 heteroatoms. The molecule has 1 amide bonds. The zero-order chi connectivity index (χ0) is 12.3. The molecule has 1 saturated heterocycles. The van der Waals surface area contributed by atoms with E-state index in [0.29, 0.717) is 12.5 Å². The van der Waals surface area contributed by atoms with Crippen molar-refractivity contribution in [2.24, 2.45) is 0 Å². The molecule has 1 unspecified atom stereocenters. The molecule has 0 bridgehead atoms. The van der Waals surface area contributed by atoms with E-state index in [1.165, 1.54) is 0 Å². The molecule has 1 N–H and O–H groups in total. The molecule has 0 spiro atoms. The lowest BCUT2D eigenvalue weighted by Crippen LogP contribution is -2.35. The summed E-state index contributed by atoms with van der Waals surface area (Å²) in [6.45, 7) is 5.59. The van der Waals surface area contributed by atoms with Crippen LogP contribution in [0.4, 0.5) is 0 Å². The Morgan fingerprint density at radius 2 is 2.18 bits per heavy atom. The average molecular weight is 233 g/mol. The molecule has 0 aliphatic carbocycles. The highest BCUT2D eigenvalue weighted by atomic mass is 16.5. The second-order valence-electron chi connectivity index (χ2n) is 4.78. The van der Waals surface area contributed by atoms with Crippen LogP contribution in [0.1, 0.15) is 42.1 Å². The summed E-state index contributed by atoms with van der Waals surface area (Å²) < 4.78 is 5.26. The van der Waals surface area contributed by atoms with Crippen molar-refractivity contribution in [1.29, 1.82) is 0 Å². The number of carbonyl (C=O) groups excluding carboxylic acids is 1. The molecule has 1 aromatic carbocycles. The molecule has 1 aromatic rings. The normalized spacial score (nSPS) is 19.6. The van der Waals surface area contributed by atoms with Crippen LogP contribution in [0.2, 0.25) is 0 Å². The first-order valence-electron chi connectivity index (χ1n) is 6.16. The molecule has 1 heterocycles. The summed E-state index contributed by atoms with van der Waals surface area (Å²) in [6, 6.07) is 7.96. The van der Waals surface area contributed by atoms with Crippen LogP contribution in [-0.2, 0) is 4.74 Å². The third kappa shape index (κ3) is 2.86. The Morgan fingerprint density at radius 3 is 2.82 bits per heavy atom. The van der Waals surface area contributed by atoms with Crippen LogP contribution < -0.4 is 5.32 Å². The highest BCUT2D eigenvalue weighted by molar-refractivity contribution is 5.96. The van der Waals surface area contributed by atoms with Gasteiger partial charge in [-0.25, -0.2) is 0 Å². The molecular weight excluding hydrogens is 214 g/mol. The molecule has 92 valence electrons. The molecule has 0 aromatic heterocycles. The molecule has 1 aliphatic heterocycles. The standard InChI is InChI=1S/C14H19NO2/c1-10(2)12-5-3-4-6-13(12)14(16)15-11-7-8-17-9-11/h3-6,10-11H,7-9H2,1-2H3,(H,15,16). The van der Waals surface area contributed by atoms with Crippen molar-refractivity contribution in [3.05, 3.63) is 35.4 Å². The van der Waals surface area contributed by atoms with E-state index in [4.69, 9.17) is 4.74 Å². The first-order valence-corrected chi connectivity index (χ1v) is 6.16. The molecule has 2 rings (SSSR count). The Labute approximate surface area is 102 Å². The molecule has 3 nitrogen and oxygen atoms in total. The van der Waals surface area contributed by atoms with Crippen molar-refractivity contribution in [3.8, 4) is 0 Å². The number of amides is 1. The van der Waals surface area contributed by atoms with E-state index in [1.54, 1.807) is 0 Å². The largest absolute Gasteiger partial charge is 0.379 e. The summed E-state index contributed by atoms with van der Waals surface area (Å²) in [5.41, 5.74) is 1.89. The van der Waals surface area contributed by atoms with Gasteiger partial charge in [-0.1, -0.05) is 32.0 Å². The van der Waals surface area contributed by atoms with Crippen LogP contribution in [0.15, 0.2) is 24.3 Å². The van der Waals surface area contributed by atoms with Crippen LogP contribution in [0.3, 0.4) is 0 Å². The maximum Gasteiger partial charge on any atom is 0.251 e. The Balaban J connectivity index is 2.12. The summed E-state index contributed by atoms with van der Waals surface area (Å²) in [7, 11) is 0. The van der Waals surface area contributed by atoms with Gasteiger partial charge in [0.2, 0.25) is 0 Å². The Kier molecular flexibility index (Phi) is 3.79.